The molecule has 6 heteroatoms. The summed E-state index contributed by atoms with van der Waals surface area (Å²) in [6, 6.07) is 4.25. The standard InChI is InChI=1S/C14H20BrN3O2/c1-3-9(2)18-14(16)17-8-10-6-11(15)13-12(7-10)19-4-5-20-13/h6-7,9H,3-5,8H2,1-2H3,(H3,16,17,18). The van der Waals surface area contributed by atoms with Gasteiger partial charge in [0.2, 0.25) is 0 Å². The van der Waals surface area contributed by atoms with Gasteiger partial charge < -0.3 is 20.5 Å². The van der Waals surface area contributed by atoms with Crippen LogP contribution in [0.15, 0.2) is 21.6 Å². The highest BCUT2D eigenvalue weighted by molar-refractivity contribution is 9.10. The number of aliphatic imine (C=N–C) groups is 1. The Morgan fingerprint density at radius 2 is 2.20 bits per heavy atom. The van der Waals surface area contributed by atoms with Crippen molar-refractivity contribution in [3.63, 3.8) is 0 Å². The Bertz CT molecular complexity index is 505. The van der Waals surface area contributed by atoms with Crippen LogP contribution in [0.2, 0.25) is 0 Å². The van der Waals surface area contributed by atoms with Crippen LogP contribution < -0.4 is 20.5 Å². The van der Waals surface area contributed by atoms with Crippen LogP contribution in [0.1, 0.15) is 25.8 Å². The van der Waals surface area contributed by atoms with E-state index in [1.165, 1.54) is 0 Å². The molecule has 2 rings (SSSR count). The monoisotopic (exact) mass is 341 g/mol. The van der Waals surface area contributed by atoms with Crippen molar-refractivity contribution in [2.45, 2.75) is 32.9 Å². The number of guanidine groups is 1. The molecule has 0 spiro atoms. The molecule has 1 atom stereocenters. The Balaban J connectivity index is 2.06. The van der Waals surface area contributed by atoms with Gasteiger partial charge in [-0.15, -0.1) is 0 Å². The van der Waals surface area contributed by atoms with Gasteiger partial charge in [-0.05, 0) is 47.0 Å². The number of nitrogens with one attached hydrogen (secondary N) is 1. The molecular weight excluding hydrogens is 322 g/mol. The van der Waals surface area contributed by atoms with Crippen LogP contribution in [0.5, 0.6) is 11.5 Å². The van der Waals surface area contributed by atoms with Crippen LogP contribution in [0.3, 0.4) is 0 Å². The average molecular weight is 342 g/mol. The fraction of sp³-hybridized carbons (Fsp3) is 0.500. The molecule has 1 unspecified atom stereocenters. The first-order valence-corrected chi connectivity index (χ1v) is 7.54. The maximum atomic E-state index is 5.85. The van der Waals surface area contributed by atoms with E-state index < -0.39 is 0 Å². The largest absolute Gasteiger partial charge is 0.486 e. The van der Waals surface area contributed by atoms with Gasteiger partial charge in [0.15, 0.2) is 17.5 Å². The van der Waals surface area contributed by atoms with Gasteiger partial charge in [-0.25, -0.2) is 4.99 Å². The Kier molecular flexibility index (Phi) is 5.11. The molecule has 1 aromatic carbocycles. The van der Waals surface area contributed by atoms with Crippen LogP contribution in [0, 0.1) is 0 Å². The summed E-state index contributed by atoms with van der Waals surface area (Å²) in [6.07, 6.45) is 1.01. The van der Waals surface area contributed by atoms with Gasteiger partial charge in [-0.3, -0.25) is 0 Å². The zero-order valence-electron chi connectivity index (χ0n) is 11.8. The minimum Gasteiger partial charge on any atom is -0.486 e. The van der Waals surface area contributed by atoms with Gasteiger partial charge in [0.25, 0.3) is 0 Å². The van der Waals surface area contributed by atoms with Crippen LogP contribution in [0.25, 0.3) is 0 Å². The van der Waals surface area contributed by atoms with Gasteiger partial charge in [0.1, 0.15) is 13.2 Å². The van der Waals surface area contributed by atoms with E-state index in [4.69, 9.17) is 15.2 Å². The predicted molar refractivity (Wildman–Crippen MR) is 83.3 cm³/mol. The predicted octanol–water partition coefficient (Wildman–Crippen LogP) is 2.42. The molecule has 0 aliphatic carbocycles. The molecule has 0 bridgehead atoms. The Morgan fingerprint density at radius 3 is 2.95 bits per heavy atom. The van der Waals surface area contributed by atoms with E-state index in [2.05, 4.69) is 40.1 Å². The van der Waals surface area contributed by atoms with Gasteiger partial charge in [0.05, 0.1) is 11.0 Å². The minimum atomic E-state index is 0.325. The van der Waals surface area contributed by atoms with Crippen molar-refractivity contribution < 1.29 is 9.47 Å². The van der Waals surface area contributed by atoms with Gasteiger partial charge in [0, 0.05) is 6.04 Å². The molecule has 3 N–H and O–H groups in total. The number of rotatable bonds is 4. The second kappa shape index (κ2) is 6.83. The first-order chi connectivity index (χ1) is 9.60. The van der Waals surface area contributed by atoms with E-state index >= 15 is 0 Å². The molecule has 1 aliphatic heterocycles. The van der Waals surface area contributed by atoms with E-state index in [0.717, 1.165) is 28.0 Å². The number of hydrogen-bond acceptors (Lipinski definition) is 3. The van der Waals surface area contributed by atoms with Crippen molar-refractivity contribution in [2.24, 2.45) is 10.7 Å². The number of nitrogens with zero attached hydrogens (tertiary/aromatic N) is 1. The van der Waals surface area contributed by atoms with Crippen LogP contribution in [-0.4, -0.2) is 25.2 Å². The third kappa shape index (κ3) is 3.79. The molecule has 110 valence electrons. The summed E-state index contributed by atoms with van der Waals surface area (Å²) in [4.78, 5) is 4.34. The number of benzene rings is 1. The molecule has 0 saturated carbocycles. The van der Waals surface area contributed by atoms with E-state index in [0.29, 0.717) is 31.8 Å². The third-order valence-electron chi connectivity index (χ3n) is 3.10. The maximum absolute atomic E-state index is 5.85. The lowest BCUT2D eigenvalue weighted by atomic mass is 10.2. The molecule has 1 aromatic rings. The van der Waals surface area contributed by atoms with Crippen molar-refractivity contribution >= 4 is 21.9 Å². The normalized spacial score (nSPS) is 15.8. The molecule has 5 nitrogen and oxygen atoms in total. The molecule has 20 heavy (non-hydrogen) atoms. The van der Waals surface area contributed by atoms with E-state index in [1.807, 2.05) is 12.1 Å². The summed E-state index contributed by atoms with van der Waals surface area (Å²) in [5, 5.41) is 3.14. The average Bonchev–Trinajstić information content (AvgIpc) is 2.45. The highest BCUT2D eigenvalue weighted by atomic mass is 79.9. The van der Waals surface area contributed by atoms with E-state index in [-0.39, 0.29) is 0 Å². The lowest BCUT2D eigenvalue weighted by molar-refractivity contribution is 0.170. The molecule has 0 fully saturated rings. The lowest BCUT2D eigenvalue weighted by Crippen LogP contribution is -2.38. The summed E-state index contributed by atoms with van der Waals surface area (Å²) < 4.78 is 12.0. The van der Waals surface area contributed by atoms with E-state index in [9.17, 15) is 0 Å². The summed E-state index contributed by atoms with van der Waals surface area (Å²) in [6.45, 7) is 5.83. The fourth-order valence-corrected chi connectivity index (χ4v) is 2.44. The maximum Gasteiger partial charge on any atom is 0.189 e. The van der Waals surface area contributed by atoms with Crippen LogP contribution in [0.4, 0.5) is 0 Å². The van der Waals surface area contributed by atoms with Gasteiger partial charge in [-0.2, -0.15) is 0 Å². The van der Waals surface area contributed by atoms with Crippen molar-refractivity contribution in [1.82, 2.24) is 5.32 Å². The first kappa shape index (κ1) is 15.0. The summed E-state index contributed by atoms with van der Waals surface area (Å²) in [5.41, 5.74) is 6.87. The molecule has 0 amide bonds. The summed E-state index contributed by atoms with van der Waals surface area (Å²) in [5.74, 6) is 1.98. The van der Waals surface area contributed by atoms with Crippen molar-refractivity contribution in [1.29, 1.82) is 0 Å². The quantitative estimate of drug-likeness (QED) is 0.651. The van der Waals surface area contributed by atoms with Gasteiger partial charge in [-0.1, -0.05) is 6.92 Å². The zero-order valence-corrected chi connectivity index (χ0v) is 13.4. The second-order valence-corrected chi connectivity index (χ2v) is 5.61. The molecule has 0 aromatic heterocycles. The Hall–Kier alpha value is -1.43. The molecule has 1 aliphatic rings. The summed E-state index contributed by atoms with van der Waals surface area (Å²) in [7, 11) is 0. The summed E-state index contributed by atoms with van der Waals surface area (Å²) >= 11 is 3.49. The van der Waals surface area contributed by atoms with E-state index in [1.54, 1.807) is 0 Å². The van der Waals surface area contributed by atoms with Gasteiger partial charge >= 0.3 is 0 Å². The number of nitrogens with two attached hydrogens (primary N) is 1. The fourth-order valence-electron chi connectivity index (χ4n) is 1.83. The molecule has 0 radical (unpaired) electrons. The number of halogens is 1. The number of hydrogen-bond donors (Lipinski definition) is 2. The van der Waals surface area contributed by atoms with Crippen molar-refractivity contribution in [3.05, 3.63) is 22.2 Å². The first-order valence-electron chi connectivity index (χ1n) is 6.74. The van der Waals surface area contributed by atoms with Crippen LogP contribution in [-0.2, 0) is 6.54 Å². The minimum absolute atomic E-state index is 0.325. The Labute approximate surface area is 127 Å². The van der Waals surface area contributed by atoms with Crippen LogP contribution >= 0.6 is 15.9 Å². The lowest BCUT2D eigenvalue weighted by Gasteiger charge is -2.20. The highest BCUT2D eigenvalue weighted by Gasteiger charge is 2.16. The topological polar surface area (TPSA) is 68.9 Å². The zero-order chi connectivity index (χ0) is 14.5. The molecule has 0 saturated heterocycles. The third-order valence-corrected chi connectivity index (χ3v) is 3.68. The smallest absolute Gasteiger partial charge is 0.189 e. The second-order valence-electron chi connectivity index (χ2n) is 4.76. The van der Waals surface area contributed by atoms with Crippen molar-refractivity contribution in [2.75, 3.05) is 13.2 Å². The SMILES string of the molecule is CCC(C)NC(N)=NCc1cc(Br)c2c(c1)OCCO2. The molecule has 1 heterocycles. The highest BCUT2D eigenvalue weighted by Crippen LogP contribution is 2.38. The number of ether oxygens (including phenoxy) is 2. The Morgan fingerprint density at radius 1 is 1.45 bits per heavy atom. The van der Waals surface area contributed by atoms with Crippen molar-refractivity contribution in [3.8, 4) is 11.5 Å². The molecular formula is C14H20BrN3O2. The number of fused-ring (bicyclic) bond motifs is 1.